The fourth-order valence-electron chi connectivity index (χ4n) is 1.57. The molecule has 21 heavy (non-hydrogen) atoms. The van der Waals surface area contributed by atoms with E-state index in [2.05, 4.69) is 10.5 Å². The number of halogens is 1. The molecule has 0 unspecified atom stereocenters. The molecular weight excluding hydrogens is 292 g/mol. The van der Waals surface area contributed by atoms with E-state index in [-0.39, 0.29) is 11.5 Å². The molecule has 0 aliphatic rings. The molecule has 0 aliphatic carbocycles. The van der Waals surface area contributed by atoms with E-state index in [1.807, 2.05) is 0 Å². The van der Waals surface area contributed by atoms with Crippen LogP contribution in [0.15, 0.2) is 53.6 Å². The van der Waals surface area contributed by atoms with Crippen LogP contribution in [0.2, 0.25) is 5.02 Å². The van der Waals surface area contributed by atoms with Crippen LogP contribution in [0.4, 0.5) is 0 Å². The summed E-state index contributed by atoms with van der Waals surface area (Å²) in [7, 11) is 0. The zero-order valence-corrected chi connectivity index (χ0v) is 11.5. The van der Waals surface area contributed by atoms with E-state index in [4.69, 9.17) is 16.7 Å². The molecule has 106 valence electrons. The van der Waals surface area contributed by atoms with Crippen molar-refractivity contribution in [3.05, 3.63) is 70.2 Å². The molecule has 0 aromatic heterocycles. The highest BCUT2D eigenvalue weighted by molar-refractivity contribution is 6.30. The van der Waals surface area contributed by atoms with Gasteiger partial charge in [-0.25, -0.2) is 10.2 Å². The first-order chi connectivity index (χ1) is 10.1. The predicted octanol–water partition coefficient (Wildman–Crippen LogP) is 2.80. The quantitative estimate of drug-likeness (QED) is 0.673. The Morgan fingerprint density at radius 1 is 1.10 bits per heavy atom. The molecule has 0 heterocycles. The first-order valence-corrected chi connectivity index (χ1v) is 6.36. The lowest BCUT2D eigenvalue weighted by Gasteiger charge is -2.00. The van der Waals surface area contributed by atoms with Gasteiger partial charge in [-0.3, -0.25) is 4.79 Å². The number of carbonyl (C=O) groups is 2. The van der Waals surface area contributed by atoms with Gasteiger partial charge in [-0.15, -0.1) is 0 Å². The van der Waals surface area contributed by atoms with Crippen LogP contribution in [0, 0.1) is 0 Å². The van der Waals surface area contributed by atoms with Gasteiger partial charge in [-0.05, 0) is 35.9 Å². The number of carboxylic acid groups (broad SMARTS) is 1. The van der Waals surface area contributed by atoms with Crippen LogP contribution in [-0.2, 0) is 0 Å². The number of aromatic carboxylic acids is 1. The maximum atomic E-state index is 11.8. The third-order valence-corrected chi connectivity index (χ3v) is 2.86. The summed E-state index contributed by atoms with van der Waals surface area (Å²) in [4.78, 5) is 22.5. The summed E-state index contributed by atoms with van der Waals surface area (Å²) >= 11 is 5.79. The summed E-state index contributed by atoms with van der Waals surface area (Å²) in [6, 6.07) is 12.6. The highest BCUT2D eigenvalue weighted by atomic mass is 35.5. The van der Waals surface area contributed by atoms with Gasteiger partial charge in [0.05, 0.1) is 11.8 Å². The molecule has 0 atom stereocenters. The van der Waals surface area contributed by atoms with Crippen LogP contribution in [0.5, 0.6) is 0 Å². The largest absolute Gasteiger partial charge is 0.478 e. The summed E-state index contributed by atoms with van der Waals surface area (Å²) in [5, 5.41) is 13.0. The molecule has 2 aromatic rings. The molecule has 2 N–H and O–H groups in total. The maximum Gasteiger partial charge on any atom is 0.335 e. The zero-order chi connectivity index (χ0) is 15.2. The SMILES string of the molecule is O=C(O)c1ccc(C=NNC(=O)c2cccc(Cl)c2)cc1. The van der Waals surface area contributed by atoms with E-state index in [1.54, 1.807) is 30.3 Å². The molecule has 0 bridgehead atoms. The van der Waals surface area contributed by atoms with Crippen molar-refractivity contribution in [2.24, 2.45) is 5.10 Å². The van der Waals surface area contributed by atoms with Crippen molar-refractivity contribution in [2.75, 3.05) is 0 Å². The number of carbonyl (C=O) groups excluding carboxylic acids is 1. The Balaban J connectivity index is 1.99. The third-order valence-electron chi connectivity index (χ3n) is 2.62. The average molecular weight is 303 g/mol. The van der Waals surface area contributed by atoms with Crippen LogP contribution < -0.4 is 5.43 Å². The molecule has 0 saturated carbocycles. The van der Waals surface area contributed by atoms with E-state index in [9.17, 15) is 9.59 Å². The van der Waals surface area contributed by atoms with Gasteiger partial charge in [0.15, 0.2) is 0 Å². The molecule has 5 nitrogen and oxygen atoms in total. The van der Waals surface area contributed by atoms with Crippen molar-refractivity contribution in [1.82, 2.24) is 5.43 Å². The lowest BCUT2D eigenvalue weighted by Crippen LogP contribution is -2.17. The fraction of sp³-hybridized carbons (Fsp3) is 0. The molecule has 6 heteroatoms. The minimum atomic E-state index is -0.993. The number of hydrazone groups is 1. The van der Waals surface area contributed by atoms with E-state index in [0.29, 0.717) is 16.1 Å². The Bertz CT molecular complexity index is 696. The van der Waals surface area contributed by atoms with Gasteiger partial charge in [-0.1, -0.05) is 29.8 Å². The number of nitrogens with zero attached hydrogens (tertiary/aromatic N) is 1. The summed E-state index contributed by atoms with van der Waals surface area (Å²) in [5.74, 6) is -1.37. The minimum Gasteiger partial charge on any atom is -0.478 e. The average Bonchev–Trinajstić information content (AvgIpc) is 2.47. The topological polar surface area (TPSA) is 78.8 Å². The Labute approximate surface area is 125 Å². The molecule has 1 amide bonds. The number of rotatable bonds is 4. The summed E-state index contributed by atoms with van der Waals surface area (Å²) < 4.78 is 0. The zero-order valence-electron chi connectivity index (χ0n) is 10.8. The lowest BCUT2D eigenvalue weighted by molar-refractivity contribution is 0.0696. The van der Waals surface area contributed by atoms with Crippen molar-refractivity contribution >= 4 is 29.7 Å². The van der Waals surface area contributed by atoms with Gasteiger partial charge >= 0.3 is 5.97 Å². The lowest BCUT2D eigenvalue weighted by atomic mass is 10.1. The Morgan fingerprint density at radius 3 is 2.43 bits per heavy atom. The van der Waals surface area contributed by atoms with Crippen molar-refractivity contribution in [2.45, 2.75) is 0 Å². The van der Waals surface area contributed by atoms with Gasteiger partial charge in [-0.2, -0.15) is 5.10 Å². The summed E-state index contributed by atoms with van der Waals surface area (Å²) in [6.45, 7) is 0. The number of carboxylic acids is 1. The molecular formula is C15H11ClN2O3. The van der Waals surface area contributed by atoms with Gasteiger partial charge in [0.25, 0.3) is 5.91 Å². The smallest absolute Gasteiger partial charge is 0.335 e. The van der Waals surface area contributed by atoms with Crippen molar-refractivity contribution in [3.63, 3.8) is 0 Å². The van der Waals surface area contributed by atoms with Gasteiger partial charge < -0.3 is 5.11 Å². The third kappa shape index (κ3) is 4.15. The van der Waals surface area contributed by atoms with E-state index in [1.165, 1.54) is 24.4 Å². The summed E-state index contributed by atoms with van der Waals surface area (Å²) in [6.07, 6.45) is 1.42. The monoisotopic (exact) mass is 302 g/mol. The van der Waals surface area contributed by atoms with Crippen LogP contribution in [0.3, 0.4) is 0 Å². The molecule has 0 spiro atoms. The molecule has 0 fully saturated rings. The number of hydrogen-bond donors (Lipinski definition) is 2. The van der Waals surface area contributed by atoms with Crippen LogP contribution in [-0.4, -0.2) is 23.2 Å². The van der Waals surface area contributed by atoms with Crippen molar-refractivity contribution in [1.29, 1.82) is 0 Å². The Kier molecular flexibility index (Phi) is 4.68. The standard InChI is InChI=1S/C15H11ClN2O3/c16-13-3-1-2-12(8-13)14(19)18-17-9-10-4-6-11(7-5-10)15(20)21/h1-9H,(H,18,19)(H,20,21). The molecule has 2 rings (SSSR count). The Hall–Kier alpha value is -2.66. The van der Waals surface area contributed by atoms with Crippen LogP contribution in [0.25, 0.3) is 0 Å². The van der Waals surface area contributed by atoms with Crippen molar-refractivity contribution in [3.8, 4) is 0 Å². The maximum absolute atomic E-state index is 11.8. The second kappa shape index (κ2) is 6.67. The fourth-order valence-corrected chi connectivity index (χ4v) is 1.76. The van der Waals surface area contributed by atoms with E-state index in [0.717, 1.165) is 0 Å². The molecule has 0 radical (unpaired) electrons. The highest BCUT2D eigenvalue weighted by Crippen LogP contribution is 2.10. The van der Waals surface area contributed by atoms with E-state index < -0.39 is 5.97 Å². The summed E-state index contributed by atoms with van der Waals surface area (Å²) in [5.41, 5.74) is 3.63. The first-order valence-electron chi connectivity index (χ1n) is 5.98. The molecule has 2 aromatic carbocycles. The number of amides is 1. The molecule has 0 saturated heterocycles. The highest BCUT2D eigenvalue weighted by Gasteiger charge is 2.04. The number of hydrogen-bond acceptors (Lipinski definition) is 3. The van der Waals surface area contributed by atoms with E-state index >= 15 is 0 Å². The number of nitrogens with one attached hydrogen (secondary N) is 1. The Morgan fingerprint density at radius 2 is 1.81 bits per heavy atom. The van der Waals surface area contributed by atoms with Gasteiger partial charge in [0.1, 0.15) is 0 Å². The second-order valence-corrected chi connectivity index (χ2v) is 4.57. The number of benzene rings is 2. The van der Waals surface area contributed by atoms with Gasteiger partial charge in [0.2, 0.25) is 0 Å². The molecule has 0 aliphatic heterocycles. The normalized spacial score (nSPS) is 10.5. The first kappa shape index (κ1) is 14.7. The second-order valence-electron chi connectivity index (χ2n) is 4.14. The van der Waals surface area contributed by atoms with Crippen LogP contribution in [0.1, 0.15) is 26.3 Å². The predicted molar refractivity (Wildman–Crippen MR) is 79.9 cm³/mol. The van der Waals surface area contributed by atoms with Gasteiger partial charge in [0, 0.05) is 10.6 Å². The van der Waals surface area contributed by atoms with Crippen molar-refractivity contribution < 1.29 is 14.7 Å². The van der Waals surface area contributed by atoms with Crippen LogP contribution >= 0.6 is 11.6 Å². The minimum absolute atomic E-state index is 0.190.